The molecule has 0 atom stereocenters. The van der Waals surface area contributed by atoms with Crippen LogP contribution >= 0.6 is 11.6 Å². The van der Waals surface area contributed by atoms with Crippen LogP contribution in [-0.4, -0.2) is 9.97 Å². The fourth-order valence-corrected chi connectivity index (χ4v) is 1.87. The molecule has 19 heavy (non-hydrogen) atoms. The Bertz CT molecular complexity index is 587. The largest absolute Gasteiger partial charge is 0.337 e. The summed E-state index contributed by atoms with van der Waals surface area (Å²) in [7, 11) is 0. The van der Waals surface area contributed by atoms with Crippen molar-refractivity contribution in [2.45, 2.75) is 26.7 Å². The second-order valence-electron chi connectivity index (χ2n) is 4.26. The predicted octanol–water partition coefficient (Wildman–Crippen LogP) is 4.27. The van der Waals surface area contributed by atoms with Crippen molar-refractivity contribution in [3.05, 3.63) is 46.6 Å². The van der Waals surface area contributed by atoms with Crippen molar-refractivity contribution in [2.75, 3.05) is 5.32 Å². The molecule has 2 aromatic rings. The number of hydrogen-bond donors (Lipinski definition) is 1. The molecule has 1 aromatic carbocycles. The SMILES string of the molecule is CCCc1nc(Cl)c(C)c(Nc2ccccc2F)n1. The molecule has 0 aliphatic rings. The van der Waals surface area contributed by atoms with Crippen LogP contribution in [0.5, 0.6) is 0 Å². The zero-order valence-corrected chi connectivity index (χ0v) is 11.6. The van der Waals surface area contributed by atoms with Crippen molar-refractivity contribution in [1.29, 1.82) is 0 Å². The number of nitrogens with one attached hydrogen (secondary N) is 1. The molecule has 0 bridgehead atoms. The normalized spacial score (nSPS) is 10.5. The van der Waals surface area contributed by atoms with E-state index >= 15 is 0 Å². The Balaban J connectivity index is 2.36. The predicted molar refractivity (Wildman–Crippen MR) is 75.5 cm³/mol. The summed E-state index contributed by atoms with van der Waals surface area (Å²) in [5, 5.41) is 3.37. The average molecular weight is 280 g/mol. The van der Waals surface area contributed by atoms with Gasteiger partial charge in [-0.3, -0.25) is 0 Å². The Labute approximate surface area is 116 Å². The monoisotopic (exact) mass is 279 g/mol. The molecule has 5 heteroatoms. The lowest BCUT2D eigenvalue weighted by Gasteiger charge is -2.11. The summed E-state index contributed by atoms with van der Waals surface area (Å²) < 4.78 is 13.6. The lowest BCUT2D eigenvalue weighted by molar-refractivity contribution is 0.631. The van der Waals surface area contributed by atoms with Crippen LogP contribution < -0.4 is 5.32 Å². The van der Waals surface area contributed by atoms with Gasteiger partial charge in [-0.15, -0.1) is 0 Å². The zero-order valence-electron chi connectivity index (χ0n) is 10.9. The second-order valence-corrected chi connectivity index (χ2v) is 4.62. The fraction of sp³-hybridized carbons (Fsp3) is 0.286. The molecule has 0 amide bonds. The third kappa shape index (κ3) is 3.20. The van der Waals surface area contributed by atoms with Gasteiger partial charge < -0.3 is 5.32 Å². The van der Waals surface area contributed by atoms with E-state index in [1.54, 1.807) is 25.1 Å². The summed E-state index contributed by atoms with van der Waals surface area (Å²) in [4.78, 5) is 8.59. The first-order valence-electron chi connectivity index (χ1n) is 6.16. The Morgan fingerprint density at radius 1 is 1.26 bits per heavy atom. The molecule has 0 radical (unpaired) electrons. The van der Waals surface area contributed by atoms with Crippen molar-refractivity contribution in [1.82, 2.24) is 9.97 Å². The molecular formula is C14H15ClFN3. The van der Waals surface area contributed by atoms with Crippen LogP contribution in [0.4, 0.5) is 15.9 Å². The number of halogens is 2. The molecule has 0 aliphatic heterocycles. The topological polar surface area (TPSA) is 37.8 Å². The number of para-hydroxylation sites is 1. The van der Waals surface area contributed by atoms with Gasteiger partial charge in [0.1, 0.15) is 22.6 Å². The van der Waals surface area contributed by atoms with Crippen LogP contribution in [0.25, 0.3) is 0 Å². The van der Waals surface area contributed by atoms with Gasteiger partial charge in [0.2, 0.25) is 0 Å². The maximum absolute atomic E-state index is 13.6. The minimum Gasteiger partial charge on any atom is -0.337 e. The van der Waals surface area contributed by atoms with Crippen molar-refractivity contribution in [3.8, 4) is 0 Å². The molecule has 0 fully saturated rings. The Morgan fingerprint density at radius 3 is 2.68 bits per heavy atom. The highest BCUT2D eigenvalue weighted by Gasteiger charge is 2.10. The lowest BCUT2D eigenvalue weighted by Crippen LogP contribution is -2.04. The first kappa shape index (κ1) is 13.7. The molecule has 0 aliphatic carbocycles. The van der Waals surface area contributed by atoms with E-state index in [1.165, 1.54) is 6.07 Å². The molecule has 3 nitrogen and oxygen atoms in total. The number of aryl methyl sites for hydroxylation is 1. The van der Waals surface area contributed by atoms with E-state index in [1.807, 2.05) is 6.92 Å². The van der Waals surface area contributed by atoms with E-state index < -0.39 is 0 Å². The van der Waals surface area contributed by atoms with E-state index in [0.29, 0.717) is 28.0 Å². The number of nitrogens with zero attached hydrogens (tertiary/aromatic N) is 2. The number of rotatable bonds is 4. The molecule has 1 aromatic heterocycles. The van der Waals surface area contributed by atoms with Gasteiger partial charge in [-0.05, 0) is 25.5 Å². The van der Waals surface area contributed by atoms with E-state index in [2.05, 4.69) is 15.3 Å². The fourth-order valence-electron chi connectivity index (χ4n) is 1.68. The van der Waals surface area contributed by atoms with Crippen molar-refractivity contribution in [2.24, 2.45) is 0 Å². The van der Waals surface area contributed by atoms with Gasteiger partial charge in [0.15, 0.2) is 0 Å². The van der Waals surface area contributed by atoms with E-state index in [0.717, 1.165) is 12.8 Å². The molecular weight excluding hydrogens is 265 g/mol. The van der Waals surface area contributed by atoms with Crippen LogP contribution in [0.15, 0.2) is 24.3 Å². The quantitative estimate of drug-likeness (QED) is 0.849. The van der Waals surface area contributed by atoms with Gasteiger partial charge in [-0.2, -0.15) is 0 Å². The first-order valence-corrected chi connectivity index (χ1v) is 6.54. The Hall–Kier alpha value is -1.68. The smallest absolute Gasteiger partial charge is 0.146 e. The zero-order chi connectivity index (χ0) is 13.8. The van der Waals surface area contributed by atoms with Crippen LogP contribution in [-0.2, 0) is 6.42 Å². The van der Waals surface area contributed by atoms with Crippen molar-refractivity contribution in [3.63, 3.8) is 0 Å². The molecule has 0 saturated carbocycles. The standard InChI is InChI=1S/C14H15ClFN3/c1-3-6-12-18-13(15)9(2)14(19-12)17-11-8-5-4-7-10(11)16/h4-5,7-8H,3,6H2,1-2H3,(H,17,18,19). The number of aromatic nitrogens is 2. The minimum absolute atomic E-state index is 0.325. The molecule has 100 valence electrons. The van der Waals surface area contributed by atoms with Crippen LogP contribution in [0.1, 0.15) is 24.7 Å². The molecule has 0 saturated heterocycles. The van der Waals surface area contributed by atoms with Crippen molar-refractivity contribution < 1.29 is 4.39 Å². The van der Waals surface area contributed by atoms with Crippen LogP contribution in [0.2, 0.25) is 5.15 Å². The molecule has 1 heterocycles. The van der Waals surface area contributed by atoms with E-state index in [9.17, 15) is 4.39 Å². The van der Waals surface area contributed by atoms with Crippen LogP contribution in [0, 0.1) is 12.7 Å². The third-order valence-corrected chi connectivity index (χ3v) is 3.10. The molecule has 0 unspecified atom stereocenters. The Kier molecular flexibility index (Phi) is 4.32. The maximum Gasteiger partial charge on any atom is 0.146 e. The second kappa shape index (κ2) is 5.97. The van der Waals surface area contributed by atoms with Gasteiger partial charge in [0.05, 0.1) is 5.69 Å². The van der Waals surface area contributed by atoms with Crippen LogP contribution in [0.3, 0.4) is 0 Å². The van der Waals surface area contributed by atoms with Gasteiger partial charge in [-0.25, -0.2) is 14.4 Å². The molecule has 1 N–H and O–H groups in total. The number of anilines is 2. The maximum atomic E-state index is 13.6. The lowest BCUT2D eigenvalue weighted by atomic mass is 10.2. The highest BCUT2D eigenvalue weighted by atomic mass is 35.5. The molecule has 0 spiro atoms. The van der Waals surface area contributed by atoms with Gasteiger partial charge in [0.25, 0.3) is 0 Å². The molecule has 2 rings (SSSR count). The van der Waals surface area contributed by atoms with Crippen molar-refractivity contribution >= 4 is 23.1 Å². The Morgan fingerprint density at radius 2 is 2.00 bits per heavy atom. The highest BCUT2D eigenvalue weighted by molar-refractivity contribution is 6.30. The number of hydrogen-bond acceptors (Lipinski definition) is 3. The van der Waals surface area contributed by atoms with Gasteiger partial charge >= 0.3 is 0 Å². The van der Waals surface area contributed by atoms with Gasteiger partial charge in [0, 0.05) is 12.0 Å². The first-order chi connectivity index (χ1) is 9.11. The summed E-state index contributed by atoms with van der Waals surface area (Å²) in [6.45, 7) is 3.85. The summed E-state index contributed by atoms with van der Waals surface area (Å²) in [5.74, 6) is 0.888. The number of benzene rings is 1. The van der Waals surface area contributed by atoms with E-state index in [-0.39, 0.29) is 5.82 Å². The average Bonchev–Trinajstić information content (AvgIpc) is 2.38. The summed E-state index contributed by atoms with van der Waals surface area (Å²) >= 11 is 6.08. The van der Waals surface area contributed by atoms with Gasteiger partial charge in [-0.1, -0.05) is 30.7 Å². The minimum atomic E-state index is -0.325. The summed E-state index contributed by atoms with van der Waals surface area (Å²) in [5.41, 5.74) is 1.09. The summed E-state index contributed by atoms with van der Waals surface area (Å²) in [6, 6.07) is 6.46. The summed E-state index contributed by atoms with van der Waals surface area (Å²) in [6.07, 6.45) is 1.67. The third-order valence-electron chi connectivity index (χ3n) is 2.73. The highest BCUT2D eigenvalue weighted by Crippen LogP contribution is 2.25. The van der Waals surface area contributed by atoms with E-state index in [4.69, 9.17) is 11.6 Å².